The van der Waals surface area contributed by atoms with Gasteiger partial charge in [-0.1, -0.05) is 40.9 Å². The molecular weight excluding hydrogens is 406 g/mol. The lowest BCUT2D eigenvalue weighted by atomic mass is 9.92. The van der Waals surface area contributed by atoms with Crippen LogP contribution in [0.15, 0.2) is 36.4 Å². The molecule has 0 saturated carbocycles. The van der Waals surface area contributed by atoms with Gasteiger partial charge in [0.15, 0.2) is 0 Å². The first-order chi connectivity index (χ1) is 11.4. The van der Waals surface area contributed by atoms with Gasteiger partial charge < -0.3 is 10.1 Å². The van der Waals surface area contributed by atoms with E-state index in [-0.39, 0.29) is 24.7 Å². The summed E-state index contributed by atoms with van der Waals surface area (Å²) >= 11 is 18.0. The number of carbonyl (C=O) groups is 1. The zero-order chi connectivity index (χ0) is 17.3. The summed E-state index contributed by atoms with van der Waals surface area (Å²) in [7, 11) is 0. The van der Waals surface area contributed by atoms with Crippen LogP contribution >= 0.6 is 47.2 Å². The van der Waals surface area contributed by atoms with Crippen LogP contribution in [0.3, 0.4) is 0 Å². The topological polar surface area (TPSA) is 66.0 Å². The van der Waals surface area contributed by atoms with E-state index in [2.05, 4.69) is 9.97 Å². The molecule has 2 aromatic carbocycles. The van der Waals surface area contributed by atoms with Gasteiger partial charge in [-0.25, -0.2) is 4.98 Å². The molecule has 4 nitrogen and oxygen atoms in total. The number of aromatic nitrogens is 2. The summed E-state index contributed by atoms with van der Waals surface area (Å²) in [6, 6.07) is 10.6. The van der Waals surface area contributed by atoms with Crippen LogP contribution in [0, 0.1) is 0 Å². The smallest absolute Gasteiger partial charge is 0.303 e. The Balaban J connectivity index is 0.00000225. The third-order valence-corrected chi connectivity index (χ3v) is 4.74. The van der Waals surface area contributed by atoms with Crippen molar-refractivity contribution in [2.75, 3.05) is 0 Å². The molecule has 3 aromatic rings. The number of carboxylic acids is 1. The van der Waals surface area contributed by atoms with Gasteiger partial charge in [0.1, 0.15) is 5.82 Å². The first-order valence-corrected chi connectivity index (χ1v) is 8.36. The van der Waals surface area contributed by atoms with Crippen molar-refractivity contribution in [3.05, 3.63) is 62.9 Å². The molecule has 2 N–H and O–H groups in total. The number of imidazole rings is 1. The van der Waals surface area contributed by atoms with Gasteiger partial charge in [-0.15, -0.1) is 12.4 Å². The van der Waals surface area contributed by atoms with Crippen LogP contribution in [0.4, 0.5) is 0 Å². The lowest BCUT2D eigenvalue weighted by Gasteiger charge is -2.14. The number of nitrogens with zero attached hydrogens (tertiary/aromatic N) is 1. The van der Waals surface area contributed by atoms with E-state index in [4.69, 9.17) is 34.8 Å². The lowest BCUT2D eigenvalue weighted by molar-refractivity contribution is -0.137. The molecule has 0 aliphatic carbocycles. The summed E-state index contributed by atoms with van der Waals surface area (Å²) in [6.07, 6.45) is 0.409. The maximum absolute atomic E-state index is 11.2. The fourth-order valence-corrected chi connectivity index (χ4v) is 3.13. The van der Waals surface area contributed by atoms with Gasteiger partial charge in [0, 0.05) is 17.4 Å². The maximum atomic E-state index is 11.2. The minimum absolute atomic E-state index is 0. The number of aliphatic carboxylic acids is 1. The minimum Gasteiger partial charge on any atom is -0.481 e. The minimum atomic E-state index is -0.884. The van der Waals surface area contributed by atoms with Gasteiger partial charge >= 0.3 is 5.97 Å². The van der Waals surface area contributed by atoms with Crippen molar-refractivity contribution in [3.63, 3.8) is 0 Å². The number of hydrogen-bond donors (Lipinski definition) is 2. The van der Waals surface area contributed by atoms with E-state index in [1.54, 1.807) is 30.3 Å². The molecule has 0 saturated heterocycles. The van der Waals surface area contributed by atoms with Crippen LogP contribution in [-0.2, 0) is 11.2 Å². The number of halogens is 4. The number of rotatable bonds is 5. The molecular formula is C17H14Cl4N2O2. The summed E-state index contributed by atoms with van der Waals surface area (Å²) in [5.41, 5.74) is 2.42. The van der Waals surface area contributed by atoms with Gasteiger partial charge in [-0.05, 0) is 35.9 Å². The van der Waals surface area contributed by atoms with E-state index in [1.165, 1.54) is 0 Å². The number of benzene rings is 2. The monoisotopic (exact) mass is 418 g/mol. The molecule has 0 fully saturated rings. The van der Waals surface area contributed by atoms with E-state index >= 15 is 0 Å². The predicted octanol–water partition coefficient (Wildman–Crippen LogP) is 5.75. The molecule has 8 heteroatoms. The summed E-state index contributed by atoms with van der Waals surface area (Å²) in [5, 5.41) is 10.7. The molecule has 1 atom stereocenters. The SMILES string of the molecule is Cl.O=C(O)CC(Cc1nc2ccc(Cl)cc2[nH]1)c1ccc(Cl)c(Cl)c1. The van der Waals surface area contributed by atoms with Gasteiger partial charge in [0.25, 0.3) is 0 Å². The molecule has 1 aromatic heterocycles. The van der Waals surface area contributed by atoms with Crippen LogP contribution in [0.1, 0.15) is 23.7 Å². The average molecular weight is 420 g/mol. The summed E-state index contributed by atoms with van der Waals surface area (Å²) < 4.78 is 0. The van der Waals surface area contributed by atoms with E-state index in [0.717, 1.165) is 16.6 Å². The summed E-state index contributed by atoms with van der Waals surface area (Å²) in [5.74, 6) is -0.455. The van der Waals surface area contributed by atoms with E-state index in [9.17, 15) is 9.90 Å². The number of H-pyrrole nitrogens is 1. The number of carboxylic acid groups (broad SMARTS) is 1. The van der Waals surface area contributed by atoms with Crippen LogP contribution in [0.25, 0.3) is 11.0 Å². The fourth-order valence-electron chi connectivity index (χ4n) is 2.65. The van der Waals surface area contributed by atoms with Gasteiger partial charge in [-0.2, -0.15) is 0 Å². The van der Waals surface area contributed by atoms with Gasteiger partial charge in [-0.3, -0.25) is 4.79 Å². The third-order valence-electron chi connectivity index (χ3n) is 3.77. The normalized spacial score (nSPS) is 12.0. The average Bonchev–Trinajstić information content (AvgIpc) is 2.90. The molecule has 0 aliphatic rings. The second-order valence-corrected chi connectivity index (χ2v) is 6.77. The van der Waals surface area contributed by atoms with E-state index < -0.39 is 5.97 Å². The van der Waals surface area contributed by atoms with Gasteiger partial charge in [0.05, 0.1) is 27.5 Å². The predicted molar refractivity (Wildman–Crippen MR) is 104 cm³/mol. The number of hydrogen-bond acceptors (Lipinski definition) is 2. The number of nitrogens with one attached hydrogen (secondary N) is 1. The molecule has 0 spiro atoms. The number of fused-ring (bicyclic) bond motifs is 1. The Morgan fingerprint density at radius 2 is 1.88 bits per heavy atom. The second-order valence-electron chi connectivity index (χ2n) is 5.52. The molecule has 0 aliphatic heterocycles. The largest absolute Gasteiger partial charge is 0.481 e. The van der Waals surface area contributed by atoms with Crippen molar-refractivity contribution in [2.24, 2.45) is 0 Å². The van der Waals surface area contributed by atoms with Gasteiger partial charge in [0.2, 0.25) is 0 Å². The van der Waals surface area contributed by atoms with Crippen molar-refractivity contribution in [3.8, 4) is 0 Å². The first-order valence-electron chi connectivity index (χ1n) is 7.23. The zero-order valence-corrected chi connectivity index (χ0v) is 15.9. The molecule has 25 heavy (non-hydrogen) atoms. The van der Waals surface area contributed by atoms with Crippen molar-refractivity contribution < 1.29 is 9.90 Å². The summed E-state index contributed by atoms with van der Waals surface area (Å²) in [4.78, 5) is 18.9. The lowest BCUT2D eigenvalue weighted by Crippen LogP contribution is -2.10. The molecule has 0 radical (unpaired) electrons. The standard InChI is InChI=1S/C17H13Cl3N2O2.ClH/c18-11-2-4-14-15(8-11)22-16(21-14)6-10(7-17(23)24)9-1-3-12(19)13(20)5-9;/h1-5,8,10H,6-7H2,(H,21,22)(H,23,24);1H. The fraction of sp³-hybridized carbons (Fsp3) is 0.176. The van der Waals surface area contributed by atoms with E-state index in [0.29, 0.717) is 27.3 Å². The second kappa shape index (κ2) is 8.28. The summed E-state index contributed by atoms with van der Waals surface area (Å²) in [6.45, 7) is 0. The Hall–Kier alpha value is -1.46. The van der Waals surface area contributed by atoms with Crippen molar-refractivity contribution in [2.45, 2.75) is 18.8 Å². The van der Waals surface area contributed by atoms with E-state index in [1.807, 2.05) is 6.07 Å². The highest BCUT2D eigenvalue weighted by atomic mass is 35.5. The Labute approximate surface area is 165 Å². The third kappa shape index (κ3) is 4.79. The highest BCUT2D eigenvalue weighted by Crippen LogP contribution is 2.30. The molecule has 132 valence electrons. The van der Waals surface area contributed by atoms with Crippen LogP contribution < -0.4 is 0 Å². The Kier molecular flexibility index (Phi) is 6.58. The Bertz CT molecular complexity index is 911. The van der Waals surface area contributed by atoms with Crippen LogP contribution in [0.2, 0.25) is 15.1 Å². The molecule has 0 amide bonds. The van der Waals surface area contributed by atoms with Crippen molar-refractivity contribution >= 4 is 64.2 Å². The Morgan fingerprint density at radius 3 is 2.56 bits per heavy atom. The zero-order valence-electron chi connectivity index (χ0n) is 12.8. The van der Waals surface area contributed by atoms with Crippen molar-refractivity contribution in [1.29, 1.82) is 0 Å². The van der Waals surface area contributed by atoms with Crippen molar-refractivity contribution in [1.82, 2.24) is 9.97 Å². The van der Waals surface area contributed by atoms with Crippen LogP contribution in [-0.4, -0.2) is 21.0 Å². The maximum Gasteiger partial charge on any atom is 0.303 e. The first kappa shape index (κ1) is 19.9. The number of aromatic amines is 1. The molecule has 1 unspecified atom stereocenters. The molecule has 1 heterocycles. The molecule has 3 rings (SSSR count). The van der Waals surface area contributed by atoms with Crippen LogP contribution in [0.5, 0.6) is 0 Å². The Morgan fingerprint density at radius 1 is 1.12 bits per heavy atom. The highest BCUT2D eigenvalue weighted by molar-refractivity contribution is 6.42. The quantitative estimate of drug-likeness (QED) is 0.553. The highest BCUT2D eigenvalue weighted by Gasteiger charge is 2.19. The molecule has 0 bridgehead atoms.